The minimum absolute atomic E-state index is 0.0606. The van der Waals surface area contributed by atoms with Crippen LogP contribution >= 0.6 is 11.3 Å². The lowest BCUT2D eigenvalue weighted by Crippen LogP contribution is -2.28. The van der Waals surface area contributed by atoms with Crippen LogP contribution in [0.1, 0.15) is 44.4 Å². The van der Waals surface area contributed by atoms with Crippen LogP contribution < -0.4 is 15.2 Å². The molecule has 0 radical (unpaired) electrons. The van der Waals surface area contributed by atoms with Crippen LogP contribution in [-0.4, -0.2) is 25.3 Å². The van der Waals surface area contributed by atoms with E-state index in [1.807, 2.05) is 50.4 Å². The molecule has 1 atom stereocenters. The van der Waals surface area contributed by atoms with E-state index in [0.29, 0.717) is 11.4 Å². The third-order valence-electron chi connectivity index (χ3n) is 5.36. The van der Waals surface area contributed by atoms with Gasteiger partial charge in [0.25, 0.3) is 0 Å². The fourth-order valence-corrected chi connectivity index (χ4v) is 5.69. The van der Waals surface area contributed by atoms with Crippen molar-refractivity contribution in [3.63, 3.8) is 0 Å². The predicted molar refractivity (Wildman–Crippen MR) is 127 cm³/mol. The normalized spacial score (nSPS) is 15.9. The summed E-state index contributed by atoms with van der Waals surface area (Å²) in [6, 6.07) is 11.7. The van der Waals surface area contributed by atoms with Crippen LogP contribution in [0.4, 0.5) is 5.69 Å². The van der Waals surface area contributed by atoms with Gasteiger partial charge in [-0.25, -0.2) is 18.1 Å². The third-order valence-corrected chi connectivity index (χ3v) is 7.85. The number of nitrogens with zero attached hydrogens (tertiary/aromatic N) is 1. The van der Waals surface area contributed by atoms with Gasteiger partial charge in [0.1, 0.15) is 10.8 Å². The second kappa shape index (κ2) is 8.61. The van der Waals surface area contributed by atoms with Crippen molar-refractivity contribution in [1.82, 2.24) is 9.71 Å². The van der Waals surface area contributed by atoms with E-state index in [1.54, 1.807) is 18.3 Å². The highest BCUT2D eigenvalue weighted by Gasteiger charge is 2.28. The van der Waals surface area contributed by atoms with E-state index in [-0.39, 0.29) is 17.9 Å². The first-order valence-corrected chi connectivity index (χ1v) is 12.9. The molecule has 2 aromatic carbocycles. The number of benzene rings is 2. The summed E-state index contributed by atoms with van der Waals surface area (Å²) >= 11 is 1.61. The summed E-state index contributed by atoms with van der Waals surface area (Å²) in [5.74, 6) is 0.762. The van der Waals surface area contributed by atoms with Gasteiger partial charge in [0, 0.05) is 17.8 Å². The minimum Gasteiger partial charge on any atom is -0.489 e. The topological polar surface area (TPSA) is 94.3 Å². The van der Waals surface area contributed by atoms with Crippen LogP contribution in [0.3, 0.4) is 0 Å². The van der Waals surface area contributed by atoms with Crippen LogP contribution in [0.5, 0.6) is 5.75 Å². The molecular weight excluding hydrogens is 430 g/mol. The molecule has 0 unspecified atom stereocenters. The maximum atomic E-state index is 12.1. The van der Waals surface area contributed by atoms with Gasteiger partial charge in [0.05, 0.1) is 22.4 Å². The molecule has 0 amide bonds. The molecule has 0 saturated heterocycles. The molecule has 6 nitrogen and oxygen atoms in total. The molecule has 0 bridgehead atoms. The van der Waals surface area contributed by atoms with Crippen LogP contribution in [0, 0.1) is 0 Å². The van der Waals surface area contributed by atoms with Crippen LogP contribution in [-0.2, 0) is 16.4 Å². The van der Waals surface area contributed by atoms with E-state index >= 15 is 0 Å². The molecule has 8 heteroatoms. The Morgan fingerprint density at radius 3 is 2.81 bits per heavy atom. The molecule has 0 saturated carbocycles. The molecular formula is C23H27N3O3S2. The molecule has 31 heavy (non-hydrogen) atoms. The Bertz CT molecular complexity index is 1200. The molecule has 3 N–H and O–H groups in total. The Morgan fingerprint density at radius 2 is 2.10 bits per heavy atom. The van der Waals surface area contributed by atoms with Crippen molar-refractivity contribution in [2.45, 2.75) is 45.8 Å². The molecule has 1 heterocycles. The summed E-state index contributed by atoms with van der Waals surface area (Å²) in [7, 11) is -3.25. The van der Waals surface area contributed by atoms with E-state index in [9.17, 15) is 8.42 Å². The molecule has 164 valence electrons. The Balaban J connectivity index is 1.62. The summed E-state index contributed by atoms with van der Waals surface area (Å²) in [5, 5.41) is 0.886. The lowest BCUT2D eigenvalue weighted by Gasteiger charge is -2.14. The van der Waals surface area contributed by atoms with Crippen molar-refractivity contribution in [3.8, 4) is 26.8 Å². The van der Waals surface area contributed by atoms with Crippen molar-refractivity contribution in [3.05, 3.63) is 53.7 Å². The number of nitrogens with one attached hydrogen (secondary N) is 1. The van der Waals surface area contributed by atoms with Gasteiger partial charge in [-0.05, 0) is 68.5 Å². The van der Waals surface area contributed by atoms with E-state index < -0.39 is 10.0 Å². The van der Waals surface area contributed by atoms with Gasteiger partial charge in [0.2, 0.25) is 10.0 Å². The summed E-state index contributed by atoms with van der Waals surface area (Å²) < 4.78 is 32.7. The number of hydrogen-bond acceptors (Lipinski definition) is 6. The Hall–Kier alpha value is -2.42. The highest BCUT2D eigenvalue weighted by Crippen LogP contribution is 2.41. The zero-order chi connectivity index (χ0) is 22.2. The maximum absolute atomic E-state index is 12.1. The van der Waals surface area contributed by atoms with Crippen LogP contribution in [0.25, 0.3) is 21.0 Å². The molecule has 3 aromatic rings. The van der Waals surface area contributed by atoms with E-state index in [4.69, 9.17) is 10.5 Å². The maximum Gasteiger partial charge on any atom is 0.211 e. The van der Waals surface area contributed by atoms with E-state index in [0.717, 1.165) is 39.4 Å². The van der Waals surface area contributed by atoms with Gasteiger partial charge in [-0.3, -0.25) is 0 Å². The molecule has 1 aliphatic carbocycles. The largest absolute Gasteiger partial charge is 0.489 e. The number of ether oxygens (including phenoxy) is 1. The Labute approximate surface area is 187 Å². The predicted octanol–water partition coefficient (Wildman–Crippen LogP) is 4.77. The zero-order valence-corrected chi connectivity index (χ0v) is 19.5. The number of nitrogens with two attached hydrogens (primary N) is 1. The first kappa shape index (κ1) is 21.8. The van der Waals surface area contributed by atoms with E-state index in [1.165, 1.54) is 5.56 Å². The standard InChI is InChI=1S/C23H27N3O3S2/c1-4-31(27,28)26-20-10-9-16-17(20)6-5-7-18(16)22-13-25-23(30-22)15-8-11-21(19(24)12-15)29-14(2)3/h5-8,11-14,20,26H,4,9-10,24H2,1-3H3/t20-/m0/s1. The third kappa shape index (κ3) is 4.61. The summed E-state index contributed by atoms with van der Waals surface area (Å²) in [6.45, 7) is 5.59. The minimum atomic E-state index is -3.25. The van der Waals surface area contributed by atoms with Gasteiger partial charge in [-0.2, -0.15) is 0 Å². The van der Waals surface area contributed by atoms with Gasteiger partial charge >= 0.3 is 0 Å². The van der Waals surface area contributed by atoms with Gasteiger partial charge in [0.15, 0.2) is 0 Å². The number of aromatic nitrogens is 1. The summed E-state index contributed by atoms with van der Waals surface area (Å²) in [5.41, 5.74) is 11.1. The highest BCUT2D eigenvalue weighted by atomic mass is 32.2. The first-order valence-electron chi connectivity index (χ1n) is 10.4. The number of hydrogen-bond donors (Lipinski definition) is 2. The average Bonchev–Trinajstić information content (AvgIpc) is 3.37. The molecule has 4 rings (SSSR count). The highest BCUT2D eigenvalue weighted by molar-refractivity contribution is 7.89. The first-order chi connectivity index (χ1) is 14.8. The number of sulfonamides is 1. The van der Waals surface area contributed by atoms with Crippen molar-refractivity contribution < 1.29 is 13.2 Å². The summed E-state index contributed by atoms with van der Waals surface area (Å²) in [4.78, 5) is 5.68. The number of fused-ring (bicyclic) bond motifs is 1. The monoisotopic (exact) mass is 457 g/mol. The zero-order valence-electron chi connectivity index (χ0n) is 17.9. The second-order valence-corrected chi connectivity index (χ2v) is 11.0. The number of rotatable bonds is 7. The van der Waals surface area contributed by atoms with Crippen molar-refractivity contribution in [1.29, 1.82) is 0 Å². The number of thiazole rings is 1. The smallest absolute Gasteiger partial charge is 0.211 e. The lowest BCUT2D eigenvalue weighted by atomic mass is 10.0. The summed E-state index contributed by atoms with van der Waals surface area (Å²) in [6.07, 6.45) is 3.55. The van der Waals surface area contributed by atoms with Crippen molar-refractivity contribution in [2.24, 2.45) is 0 Å². The Kier molecular flexibility index (Phi) is 6.05. The molecule has 0 spiro atoms. The fourth-order valence-electron chi connectivity index (χ4n) is 3.88. The lowest BCUT2D eigenvalue weighted by molar-refractivity contribution is 0.244. The number of anilines is 1. The van der Waals surface area contributed by atoms with E-state index in [2.05, 4.69) is 15.8 Å². The average molecular weight is 458 g/mol. The number of nitrogen functional groups attached to an aromatic ring is 1. The quantitative estimate of drug-likeness (QED) is 0.498. The van der Waals surface area contributed by atoms with Crippen LogP contribution in [0.2, 0.25) is 0 Å². The van der Waals surface area contributed by atoms with Crippen molar-refractivity contribution in [2.75, 3.05) is 11.5 Å². The second-order valence-electron chi connectivity index (χ2n) is 7.93. The van der Waals surface area contributed by atoms with Gasteiger partial charge in [-0.15, -0.1) is 11.3 Å². The van der Waals surface area contributed by atoms with Crippen molar-refractivity contribution >= 4 is 27.0 Å². The molecule has 0 fully saturated rings. The van der Waals surface area contributed by atoms with Gasteiger partial charge < -0.3 is 10.5 Å². The molecule has 1 aromatic heterocycles. The van der Waals surface area contributed by atoms with Crippen LogP contribution in [0.15, 0.2) is 42.6 Å². The SMILES string of the molecule is CCS(=O)(=O)N[C@H]1CCc2c(-c3cnc(-c4ccc(OC(C)C)c(N)c4)s3)cccc21. The van der Waals surface area contributed by atoms with Gasteiger partial charge in [-0.1, -0.05) is 18.2 Å². The molecule has 1 aliphatic rings. The molecule has 0 aliphatic heterocycles. The Morgan fingerprint density at radius 1 is 1.29 bits per heavy atom. The fraction of sp³-hybridized carbons (Fsp3) is 0.348.